The first kappa shape index (κ1) is 20.9. The van der Waals surface area contributed by atoms with Crippen LogP contribution in [0.15, 0.2) is 47.4 Å². The van der Waals surface area contributed by atoms with Gasteiger partial charge in [0, 0.05) is 25.3 Å². The van der Waals surface area contributed by atoms with Crippen LogP contribution in [-0.2, 0) is 16.4 Å². The second kappa shape index (κ2) is 9.01. The Morgan fingerprint density at radius 2 is 1.78 bits per heavy atom. The maximum absolute atomic E-state index is 12.5. The highest BCUT2D eigenvalue weighted by Gasteiger charge is 2.23. The number of hydrogen-bond donors (Lipinski definition) is 1. The molecule has 0 aliphatic rings. The first-order valence-corrected chi connectivity index (χ1v) is 10.2. The molecule has 0 aliphatic heterocycles. The molecule has 0 heterocycles. The van der Waals surface area contributed by atoms with E-state index in [1.807, 2.05) is 12.1 Å². The van der Waals surface area contributed by atoms with Gasteiger partial charge in [-0.05, 0) is 48.7 Å². The number of aryl methyl sites for hydroxylation is 1. The zero-order valence-corrected chi connectivity index (χ0v) is 17.0. The number of nitrogens with zero attached hydrogens (tertiary/aromatic N) is 1. The number of ether oxygens (including phenoxy) is 1. The quantitative estimate of drug-likeness (QED) is 0.748. The molecule has 2 aromatic rings. The number of methoxy groups -OCH3 is 1. The minimum atomic E-state index is -3.70. The first-order valence-electron chi connectivity index (χ1n) is 8.80. The van der Waals surface area contributed by atoms with Gasteiger partial charge >= 0.3 is 0 Å². The fraction of sp³-hybridized carbons (Fsp3) is 0.350. The molecule has 7 heteroatoms. The number of nitrogens with one attached hydrogen (secondary N) is 1. The van der Waals surface area contributed by atoms with Crippen LogP contribution in [0.3, 0.4) is 0 Å². The molecule has 0 saturated heterocycles. The van der Waals surface area contributed by atoms with Crippen molar-refractivity contribution in [3.8, 4) is 5.75 Å². The summed E-state index contributed by atoms with van der Waals surface area (Å²) in [5.74, 6) is -0.0719. The van der Waals surface area contributed by atoms with E-state index in [1.165, 1.54) is 38.9 Å². The van der Waals surface area contributed by atoms with Crippen molar-refractivity contribution >= 4 is 21.6 Å². The van der Waals surface area contributed by atoms with E-state index in [-0.39, 0.29) is 16.6 Å². The Bertz CT molecular complexity index is 891. The lowest BCUT2D eigenvalue weighted by atomic mass is 10.1. The molecule has 146 valence electrons. The third-order valence-corrected chi connectivity index (χ3v) is 6.05. The minimum Gasteiger partial charge on any atom is -0.495 e. The number of rotatable bonds is 8. The number of unbranched alkanes of at least 4 members (excludes halogenated alkanes) is 1. The predicted molar refractivity (Wildman–Crippen MR) is 107 cm³/mol. The normalized spacial score (nSPS) is 11.4. The SMILES string of the molecule is CCCCc1ccc(C(=O)Nc2ccc(OC)c(S(=O)(=O)N(C)C)c2)cc1. The summed E-state index contributed by atoms with van der Waals surface area (Å²) >= 11 is 0. The van der Waals surface area contributed by atoms with Gasteiger partial charge < -0.3 is 10.1 Å². The fourth-order valence-electron chi connectivity index (χ4n) is 2.56. The number of benzene rings is 2. The Balaban J connectivity index is 2.23. The molecule has 6 nitrogen and oxygen atoms in total. The van der Waals surface area contributed by atoms with Gasteiger partial charge in [0.05, 0.1) is 7.11 Å². The second-order valence-corrected chi connectivity index (χ2v) is 8.53. The molecular formula is C20H26N2O4S. The van der Waals surface area contributed by atoms with Gasteiger partial charge in [0.25, 0.3) is 5.91 Å². The largest absolute Gasteiger partial charge is 0.495 e. The van der Waals surface area contributed by atoms with E-state index in [0.717, 1.165) is 23.6 Å². The van der Waals surface area contributed by atoms with E-state index in [9.17, 15) is 13.2 Å². The lowest BCUT2D eigenvalue weighted by molar-refractivity contribution is 0.102. The van der Waals surface area contributed by atoms with Crippen molar-refractivity contribution < 1.29 is 17.9 Å². The van der Waals surface area contributed by atoms with Crippen LogP contribution in [0.4, 0.5) is 5.69 Å². The second-order valence-electron chi connectivity index (χ2n) is 6.41. The summed E-state index contributed by atoms with van der Waals surface area (Å²) in [5, 5.41) is 2.75. The number of amides is 1. The third kappa shape index (κ3) is 5.08. The number of hydrogen-bond acceptors (Lipinski definition) is 4. The maximum Gasteiger partial charge on any atom is 0.255 e. The molecule has 27 heavy (non-hydrogen) atoms. The van der Waals surface area contributed by atoms with E-state index >= 15 is 0 Å². The topological polar surface area (TPSA) is 75.7 Å². The summed E-state index contributed by atoms with van der Waals surface area (Å²) in [6, 6.07) is 12.0. The Kier molecular flexibility index (Phi) is 6.98. The Morgan fingerprint density at radius 1 is 1.11 bits per heavy atom. The number of carbonyl (C=O) groups excluding carboxylic acids is 1. The molecule has 0 saturated carbocycles. The standard InChI is InChI=1S/C20H26N2O4S/c1-5-6-7-15-8-10-16(11-9-15)20(23)21-17-12-13-18(26-4)19(14-17)27(24,25)22(2)3/h8-14H,5-7H2,1-4H3,(H,21,23). The Morgan fingerprint density at radius 3 is 2.33 bits per heavy atom. The molecule has 0 bridgehead atoms. The molecule has 0 aliphatic carbocycles. The van der Waals surface area contributed by atoms with Crippen LogP contribution in [-0.4, -0.2) is 39.8 Å². The Hall–Kier alpha value is -2.38. The van der Waals surface area contributed by atoms with Gasteiger partial charge in [0.2, 0.25) is 10.0 Å². The van der Waals surface area contributed by atoms with Crippen LogP contribution in [0, 0.1) is 0 Å². The van der Waals surface area contributed by atoms with E-state index in [0.29, 0.717) is 11.3 Å². The average Bonchev–Trinajstić information content (AvgIpc) is 2.66. The molecule has 2 aromatic carbocycles. The first-order chi connectivity index (χ1) is 12.8. The van der Waals surface area contributed by atoms with Gasteiger partial charge in [-0.1, -0.05) is 25.5 Å². The molecule has 0 radical (unpaired) electrons. The van der Waals surface area contributed by atoms with Crippen molar-refractivity contribution in [1.29, 1.82) is 0 Å². The van der Waals surface area contributed by atoms with Crippen molar-refractivity contribution in [3.63, 3.8) is 0 Å². The van der Waals surface area contributed by atoms with Crippen LogP contribution < -0.4 is 10.1 Å². The highest BCUT2D eigenvalue weighted by atomic mass is 32.2. The van der Waals surface area contributed by atoms with Gasteiger partial charge in [-0.25, -0.2) is 12.7 Å². The zero-order chi connectivity index (χ0) is 20.0. The highest BCUT2D eigenvalue weighted by molar-refractivity contribution is 7.89. The fourth-order valence-corrected chi connectivity index (χ4v) is 3.63. The molecule has 1 amide bonds. The number of sulfonamides is 1. The van der Waals surface area contributed by atoms with Gasteiger partial charge in [-0.15, -0.1) is 0 Å². The predicted octanol–water partition coefficient (Wildman–Crippen LogP) is 3.54. The summed E-state index contributed by atoms with van der Waals surface area (Å²) in [7, 11) is 0.594. The third-order valence-electron chi connectivity index (χ3n) is 4.22. The Labute approximate surface area is 161 Å². The van der Waals surface area contributed by atoms with E-state index < -0.39 is 10.0 Å². The van der Waals surface area contributed by atoms with E-state index in [1.54, 1.807) is 18.2 Å². The minimum absolute atomic E-state index is 0.00251. The van der Waals surface area contributed by atoms with Crippen LogP contribution in [0.25, 0.3) is 0 Å². The van der Waals surface area contributed by atoms with Crippen molar-refractivity contribution in [1.82, 2.24) is 4.31 Å². The van der Waals surface area contributed by atoms with Gasteiger partial charge in [0.15, 0.2) is 0 Å². The molecule has 0 atom stereocenters. The molecule has 0 unspecified atom stereocenters. The lowest BCUT2D eigenvalue weighted by Gasteiger charge is -2.16. The summed E-state index contributed by atoms with van der Waals surface area (Å²) in [5.41, 5.74) is 2.09. The molecule has 0 spiro atoms. The van der Waals surface area contributed by atoms with E-state index in [2.05, 4.69) is 12.2 Å². The van der Waals surface area contributed by atoms with Crippen LogP contribution in [0.1, 0.15) is 35.7 Å². The van der Waals surface area contributed by atoms with Crippen LogP contribution in [0.2, 0.25) is 0 Å². The van der Waals surface area contributed by atoms with E-state index in [4.69, 9.17) is 4.74 Å². The summed E-state index contributed by atoms with van der Waals surface area (Å²) in [6.45, 7) is 2.14. The van der Waals surface area contributed by atoms with Crippen LogP contribution in [0.5, 0.6) is 5.75 Å². The van der Waals surface area contributed by atoms with Gasteiger partial charge in [0.1, 0.15) is 10.6 Å². The summed E-state index contributed by atoms with van der Waals surface area (Å²) in [4.78, 5) is 12.5. The number of carbonyl (C=O) groups is 1. The van der Waals surface area contributed by atoms with Gasteiger partial charge in [-0.3, -0.25) is 4.79 Å². The summed E-state index contributed by atoms with van der Waals surface area (Å²) < 4.78 is 31.2. The monoisotopic (exact) mass is 390 g/mol. The zero-order valence-electron chi connectivity index (χ0n) is 16.2. The molecule has 1 N–H and O–H groups in total. The van der Waals surface area contributed by atoms with Crippen molar-refractivity contribution in [2.75, 3.05) is 26.5 Å². The van der Waals surface area contributed by atoms with Crippen molar-refractivity contribution in [3.05, 3.63) is 53.6 Å². The molecule has 2 rings (SSSR count). The maximum atomic E-state index is 12.5. The highest BCUT2D eigenvalue weighted by Crippen LogP contribution is 2.29. The van der Waals surface area contributed by atoms with Crippen molar-refractivity contribution in [2.45, 2.75) is 31.1 Å². The molecular weight excluding hydrogens is 364 g/mol. The molecule has 0 aromatic heterocycles. The lowest BCUT2D eigenvalue weighted by Crippen LogP contribution is -2.23. The smallest absolute Gasteiger partial charge is 0.255 e. The number of anilines is 1. The van der Waals surface area contributed by atoms with Crippen molar-refractivity contribution in [2.24, 2.45) is 0 Å². The average molecular weight is 391 g/mol. The van der Waals surface area contributed by atoms with Gasteiger partial charge in [-0.2, -0.15) is 0 Å². The van der Waals surface area contributed by atoms with Crippen LogP contribution >= 0.6 is 0 Å². The summed E-state index contributed by atoms with van der Waals surface area (Å²) in [6.07, 6.45) is 3.22. The molecule has 0 fully saturated rings.